The van der Waals surface area contributed by atoms with Crippen LogP contribution < -0.4 is 5.73 Å². The van der Waals surface area contributed by atoms with Crippen LogP contribution in [0.2, 0.25) is 0 Å². The van der Waals surface area contributed by atoms with Crippen molar-refractivity contribution in [2.75, 3.05) is 6.54 Å². The maximum absolute atomic E-state index is 11.9. The van der Waals surface area contributed by atoms with E-state index < -0.39 is 18.7 Å². The summed E-state index contributed by atoms with van der Waals surface area (Å²) in [6, 6.07) is 0. The molecule has 0 bridgehead atoms. The molecule has 0 aliphatic rings. The minimum absolute atomic E-state index is 0.0663. The first-order valence-corrected chi connectivity index (χ1v) is 4.69. The Labute approximate surface area is 89.4 Å². The number of nitrogens with two attached hydrogens (primary N) is 1. The minimum atomic E-state index is -4.25. The summed E-state index contributed by atoms with van der Waals surface area (Å²) in [5, 5.41) is 12.7. The molecule has 1 aromatic heterocycles. The van der Waals surface area contributed by atoms with Crippen molar-refractivity contribution in [1.82, 2.24) is 10.1 Å². The van der Waals surface area contributed by atoms with Crippen molar-refractivity contribution in [3.05, 3.63) is 11.7 Å². The van der Waals surface area contributed by atoms with Gasteiger partial charge in [-0.05, 0) is 13.0 Å². The summed E-state index contributed by atoms with van der Waals surface area (Å²) in [5.74, 6) is -0.161. The van der Waals surface area contributed by atoms with E-state index in [-0.39, 0.29) is 31.1 Å². The maximum Gasteiger partial charge on any atom is 0.389 e. The minimum Gasteiger partial charge on any atom is -0.383 e. The molecule has 0 aliphatic carbocycles. The molecule has 92 valence electrons. The van der Waals surface area contributed by atoms with Gasteiger partial charge in [0, 0.05) is 6.42 Å². The Kier molecular flexibility index (Phi) is 4.25. The summed E-state index contributed by atoms with van der Waals surface area (Å²) in [5.41, 5.74) is 5.19. The number of alkyl halides is 3. The molecule has 1 atom stereocenters. The summed E-state index contributed by atoms with van der Waals surface area (Å²) in [4.78, 5) is 3.65. The van der Waals surface area contributed by atoms with Gasteiger partial charge >= 0.3 is 6.18 Å². The highest BCUT2D eigenvalue weighted by molar-refractivity contribution is 4.90. The van der Waals surface area contributed by atoms with Crippen LogP contribution in [0.15, 0.2) is 4.52 Å². The van der Waals surface area contributed by atoms with E-state index >= 15 is 0 Å². The Morgan fingerprint density at radius 1 is 1.44 bits per heavy atom. The average molecular weight is 239 g/mol. The van der Waals surface area contributed by atoms with Crippen LogP contribution in [-0.4, -0.2) is 28.0 Å². The molecule has 1 aromatic rings. The molecule has 0 radical (unpaired) electrons. The fourth-order valence-electron chi connectivity index (χ4n) is 1.04. The quantitative estimate of drug-likeness (QED) is 0.798. The van der Waals surface area contributed by atoms with E-state index in [1.54, 1.807) is 0 Å². The molecule has 0 amide bonds. The molecule has 0 saturated carbocycles. The second-order valence-corrected chi connectivity index (χ2v) is 3.26. The molecule has 0 fully saturated rings. The van der Waals surface area contributed by atoms with Gasteiger partial charge < -0.3 is 15.4 Å². The number of aliphatic hydroxyl groups excluding tert-OH is 1. The van der Waals surface area contributed by atoms with Gasteiger partial charge in [0.2, 0.25) is 0 Å². The number of aryl methyl sites for hydroxylation is 1. The zero-order valence-corrected chi connectivity index (χ0v) is 8.37. The molecule has 1 heterocycles. The first-order valence-electron chi connectivity index (χ1n) is 4.69. The summed E-state index contributed by atoms with van der Waals surface area (Å²) in [6.07, 6.45) is -6.42. The van der Waals surface area contributed by atoms with Crippen LogP contribution in [0.25, 0.3) is 0 Å². The molecule has 0 aromatic carbocycles. The third kappa shape index (κ3) is 4.15. The van der Waals surface area contributed by atoms with Gasteiger partial charge in [0.05, 0.1) is 6.42 Å². The van der Waals surface area contributed by atoms with Gasteiger partial charge in [0.25, 0.3) is 5.89 Å². The van der Waals surface area contributed by atoms with Crippen molar-refractivity contribution in [2.24, 2.45) is 5.73 Å². The predicted octanol–water partition coefficient (Wildman–Crippen LogP) is 0.947. The number of hydrogen-bond acceptors (Lipinski definition) is 5. The molecule has 3 N–H and O–H groups in total. The van der Waals surface area contributed by atoms with Gasteiger partial charge in [-0.15, -0.1) is 0 Å². The summed E-state index contributed by atoms with van der Waals surface area (Å²) < 4.78 is 40.2. The number of nitrogens with zero attached hydrogens (tertiary/aromatic N) is 2. The Bertz CT molecular complexity index is 327. The van der Waals surface area contributed by atoms with Crippen LogP contribution in [0, 0.1) is 0 Å². The van der Waals surface area contributed by atoms with E-state index in [2.05, 4.69) is 14.7 Å². The lowest BCUT2D eigenvalue weighted by Gasteiger charge is -2.02. The number of aromatic nitrogens is 2. The molecule has 1 unspecified atom stereocenters. The van der Waals surface area contributed by atoms with E-state index in [9.17, 15) is 18.3 Å². The summed E-state index contributed by atoms with van der Waals surface area (Å²) in [6.45, 7) is 0.224. The molecule has 0 spiro atoms. The van der Waals surface area contributed by atoms with E-state index in [0.717, 1.165) is 0 Å². The molecular weight excluding hydrogens is 227 g/mol. The van der Waals surface area contributed by atoms with Crippen LogP contribution in [0.3, 0.4) is 0 Å². The molecule has 0 saturated heterocycles. The van der Waals surface area contributed by atoms with Gasteiger partial charge in [0.1, 0.15) is 6.10 Å². The largest absolute Gasteiger partial charge is 0.389 e. The Morgan fingerprint density at radius 2 is 2.12 bits per heavy atom. The van der Waals surface area contributed by atoms with E-state index in [1.807, 2.05) is 0 Å². The standard InChI is InChI=1S/C8H12F3N3O2/c9-8(10,11)3-1-6-13-7(16-14-6)5(15)2-4-12/h5,15H,1-4,12H2. The van der Waals surface area contributed by atoms with E-state index in [1.165, 1.54) is 0 Å². The first kappa shape index (κ1) is 12.9. The van der Waals surface area contributed by atoms with Gasteiger partial charge in [-0.25, -0.2) is 0 Å². The number of aliphatic hydroxyl groups is 1. The summed E-state index contributed by atoms with van der Waals surface area (Å²) in [7, 11) is 0. The van der Waals surface area contributed by atoms with Gasteiger partial charge in [-0.2, -0.15) is 18.2 Å². The average Bonchev–Trinajstić information content (AvgIpc) is 2.62. The number of halogens is 3. The van der Waals surface area contributed by atoms with Crippen molar-refractivity contribution in [2.45, 2.75) is 31.5 Å². The Hall–Kier alpha value is -1.15. The molecule has 0 aliphatic heterocycles. The molecule has 16 heavy (non-hydrogen) atoms. The third-order valence-corrected chi connectivity index (χ3v) is 1.84. The third-order valence-electron chi connectivity index (χ3n) is 1.84. The van der Waals surface area contributed by atoms with Crippen molar-refractivity contribution in [3.63, 3.8) is 0 Å². The highest BCUT2D eigenvalue weighted by atomic mass is 19.4. The second kappa shape index (κ2) is 5.26. The van der Waals surface area contributed by atoms with Crippen molar-refractivity contribution in [1.29, 1.82) is 0 Å². The van der Waals surface area contributed by atoms with Crippen LogP contribution in [0.1, 0.15) is 30.7 Å². The maximum atomic E-state index is 11.9. The van der Waals surface area contributed by atoms with E-state index in [0.29, 0.717) is 0 Å². The van der Waals surface area contributed by atoms with Crippen molar-refractivity contribution >= 4 is 0 Å². The zero-order chi connectivity index (χ0) is 12.2. The predicted molar refractivity (Wildman–Crippen MR) is 47.3 cm³/mol. The Balaban J connectivity index is 2.51. The lowest BCUT2D eigenvalue weighted by molar-refractivity contribution is -0.134. The van der Waals surface area contributed by atoms with Crippen LogP contribution in [-0.2, 0) is 6.42 Å². The lowest BCUT2D eigenvalue weighted by atomic mass is 10.2. The SMILES string of the molecule is NCCC(O)c1nc(CCC(F)(F)F)no1. The Morgan fingerprint density at radius 3 is 2.69 bits per heavy atom. The zero-order valence-electron chi connectivity index (χ0n) is 8.37. The topological polar surface area (TPSA) is 85.2 Å². The molecule has 1 rings (SSSR count). The summed E-state index contributed by atoms with van der Waals surface area (Å²) >= 11 is 0. The van der Waals surface area contributed by atoms with Gasteiger partial charge in [-0.3, -0.25) is 0 Å². The van der Waals surface area contributed by atoms with Crippen molar-refractivity contribution < 1.29 is 22.8 Å². The highest BCUT2D eigenvalue weighted by Crippen LogP contribution is 2.22. The molecular formula is C8H12F3N3O2. The highest BCUT2D eigenvalue weighted by Gasteiger charge is 2.28. The monoisotopic (exact) mass is 239 g/mol. The number of rotatable bonds is 5. The van der Waals surface area contributed by atoms with Gasteiger partial charge in [-0.1, -0.05) is 5.16 Å². The van der Waals surface area contributed by atoms with E-state index in [4.69, 9.17) is 5.73 Å². The van der Waals surface area contributed by atoms with Crippen LogP contribution in [0.4, 0.5) is 13.2 Å². The van der Waals surface area contributed by atoms with Crippen LogP contribution in [0.5, 0.6) is 0 Å². The normalized spacial score (nSPS) is 14.1. The van der Waals surface area contributed by atoms with Gasteiger partial charge in [0.15, 0.2) is 5.82 Å². The fraction of sp³-hybridized carbons (Fsp3) is 0.750. The first-order chi connectivity index (χ1) is 7.42. The number of hydrogen-bond donors (Lipinski definition) is 2. The van der Waals surface area contributed by atoms with Crippen LogP contribution >= 0.6 is 0 Å². The fourth-order valence-corrected chi connectivity index (χ4v) is 1.04. The second-order valence-electron chi connectivity index (χ2n) is 3.26. The smallest absolute Gasteiger partial charge is 0.383 e. The lowest BCUT2D eigenvalue weighted by Crippen LogP contribution is -2.09. The molecule has 8 heteroatoms. The van der Waals surface area contributed by atoms with Crippen molar-refractivity contribution in [3.8, 4) is 0 Å². The molecule has 5 nitrogen and oxygen atoms in total.